The molecule has 2 aromatic rings. The number of likely N-dealkylation sites (tertiary alicyclic amines) is 1. The van der Waals surface area contributed by atoms with Crippen LogP contribution in [0.1, 0.15) is 30.4 Å². The lowest BCUT2D eigenvalue weighted by molar-refractivity contribution is -0.126. The van der Waals surface area contributed by atoms with Gasteiger partial charge in [-0.05, 0) is 43.1 Å². The van der Waals surface area contributed by atoms with E-state index in [9.17, 15) is 14.7 Å². The van der Waals surface area contributed by atoms with Crippen molar-refractivity contribution in [2.24, 2.45) is 0 Å². The molecule has 0 spiro atoms. The van der Waals surface area contributed by atoms with E-state index in [0.717, 1.165) is 24.1 Å². The maximum Gasteiger partial charge on any atom is 0.239 e. The predicted molar refractivity (Wildman–Crippen MR) is 123 cm³/mol. The standard InChI is InChI=1S/C25H32N4O3/c1-28-20(9-12-23(31)26-15-18-5-3-2-4-6-18)16-27-25(32)24-22(28)13-14-29(24)17-19-7-10-21(30)11-8-19/h2-8,10-11,20,22,24,30H,9,12-17H2,1H3,(H,26,31)(H,27,32)/t20-,22-,24-/m0/s1. The van der Waals surface area contributed by atoms with Crippen LogP contribution in [-0.4, -0.2) is 65.0 Å². The van der Waals surface area contributed by atoms with Crippen molar-refractivity contribution in [3.63, 3.8) is 0 Å². The van der Waals surface area contributed by atoms with Crippen molar-refractivity contribution < 1.29 is 14.7 Å². The van der Waals surface area contributed by atoms with Gasteiger partial charge in [-0.25, -0.2) is 0 Å². The van der Waals surface area contributed by atoms with Crippen LogP contribution in [0.4, 0.5) is 0 Å². The smallest absolute Gasteiger partial charge is 0.239 e. The summed E-state index contributed by atoms with van der Waals surface area (Å²) in [6, 6.07) is 17.1. The van der Waals surface area contributed by atoms with E-state index in [0.29, 0.717) is 32.5 Å². The molecular formula is C25H32N4O3. The zero-order valence-corrected chi connectivity index (χ0v) is 18.5. The number of benzene rings is 2. The van der Waals surface area contributed by atoms with Crippen LogP contribution in [-0.2, 0) is 22.7 Å². The molecule has 170 valence electrons. The minimum absolute atomic E-state index is 0.0368. The maximum atomic E-state index is 12.9. The largest absolute Gasteiger partial charge is 0.508 e. The Labute approximate surface area is 189 Å². The first-order chi connectivity index (χ1) is 15.5. The van der Waals surface area contributed by atoms with Gasteiger partial charge >= 0.3 is 0 Å². The molecule has 0 aliphatic carbocycles. The van der Waals surface area contributed by atoms with Crippen molar-refractivity contribution in [1.82, 2.24) is 20.4 Å². The van der Waals surface area contributed by atoms with Crippen LogP contribution < -0.4 is 10.6 Å². The van der Waals surface area contributed by atoms with Gasteiger partial charge in [0.2, 0.25) is 11.8 Å². The monoisotopic (exact) mass is 436 g/mol. The number of fused-ring (bicyclic) bond motifs is 1. The summed E-state index contributed by atoms with van der Waals surface area (Å²) in [7, 11) is 2.08. The lowest BCUT2D eigenvalue weighted by Gasteiger charge is -2.33. The number of carbonyl (C=O) groups is 2. The van der Waals surface area contributed by atoms with Crippen LogP contribution in [0.15, 0.2) is 54.6 Å². The molecule has 2 aliphatic rings. The van der Waals surface area contributed by atoms with Crippen molar-refractivity contribution in [1.29, 1.82) is 0 Å². The van der Waals surface area contributed by atoms with Crippen LogP contribution in [0.3, 0.4) is 0 Å². The molecule has 2 fully saturated rings. The Morgan fingerprint density at radius 3 is 2.62 bits per heavy atom. The molecule has 2 amide bonds. The zero-order valence-electron chi connectivity index (χ0n) is 18.5. The van der Waals surface area contributed by atoms with Crippen LogP contribution in [0, 0.1) is 0 Å². The Morgan fingerprint density at radius 2 is 1.88 bits per heavy atom. The fraction of sp³-hybridized carbons (Fsp3) is 0.440. The number of aromatic hydroxyl groups is 1. The summed E-state index contributed by atoms with van der Waals surface area (Å²) >= 11 is 0. The molecule has 32 heavy (non-hydrogen) atoms. The highest BCUT2D eigenvalue weighted by atomic mass is 16.3. The van der Waals surface area contributed by atoms with Gasteiger partial charge < -0.3 is 15.7 Å². The molecule has 7 heteroatoms. The number of rotatable bonds is 7. The molecule has 7 nitrogen and oxygen atoms in total. The average Bonchev–Trinajstić information content (AvgIpc) is 3.18. The minimum atomic E-state index is -0.203. The van der Waals surface area contributed by atoms with Crippen LogP contribution in [0.25, 0.3) is 0 Å². The molecule has 0 radical (unpaired) electrons. The number of amides is 2. The topological polar surface area (TPSA) is 84.9 Å². The number of phenolic OH excluding ortho intramolecular Hbond substituents is 1. The molecular weight excluding hydrogens is 404 g/mol. The molecule has 0 bridgehead atoms. The van der Waals surface area contributed by atoms with Crippen molar-refractivity contribution >= 4 is 11.8 Å². The molecule has 2 aromatic carbocycles. The van der Waals surface area contributed by atoms with Gasteiger partial charge in [-0.2, -0.15) is 0 Å². The summed E-state index contributed by atoms with van der Waals surface area (Å²) in [5.74, 6) is 0.347. The quantitative estimate of drug-likeness (QED) is 0.617. The average molecular weight is 437 g/mol. The number of nitrogens with zero attached hydrogens (tertiary/aromatic N) is 2. The second kappa shape index (κ2) is 10.1. The lowest BCUT2D eigenvalue weighted by Crippen LogP contribution is -2.49. The Balaban J connectivity index is 1.32. The number of nitrogens with one attached hydrogen (secondary N) is 2. The van der Waals surface area contributed by atoms with Gasteiger partial charge in [-0.3, -0.25) is 19.4 Å². The van der Waals surface area contributed by atoms with E-state index in [1.54, 1.807) is 12.1 Å². The number of likely N-dealkylation sites (N-methyl/N-ethyl adjacent to an activating group) is 1. The molecule has 3 N–H and O–H groups in total. The SMILES string of the molecule is CN1[C@@H](CCC(=O)NCc2ccccc2)CNC(=O)[C@@H]2[C@@H]1CCN2Cc1ccc(O)cc1. The van der Waals surface area contributed by atoms with Crippen LogP contribution >= 0.6 is 0 Å². The van der Waals surface area contributed by atoms with E-state index in [4.69, 9.17) is 0 Å². The third-order valence-electron chi connectivity index (χ3n) is 6.71. The molecule has 2 aliphatic heterocycles. The van der Waals surface area contributed by atoms with E-state index in [1.807, 2.05) is 42.5 Å². The number of hydrogen-bond donors (Lipinski definition) is 3. The number of carbonyl (C=O) groups excluding carboxylic acids is 2. The molecule has 0 saturated carbocycles. The Bertz CT molecular complexity index is 919. The third kappa shape index (κ3) is 5.29. The van der Waals surface area contributed by atoms with E-state index >= 15 is 0 Å². The van der Waals surface area contributed by atoms with E-state index in [1.165, 1.54) is 0 Å². The summed E-state index contributed by atoms with van der Waals surface area (Å²) in [6.07, 6.45) is 2.06. The van der Waals surface area contributed by atoms with Gasteiger partial charge in [-0.1, -0.05) is 42.5 Å². The molecule has 0 aromatic heterocycles. The van der Waals surface area contributed by atoms with E-state index in [-0.39, 0.29) is 35.7 Å². The predicted octanol–water partition coefficient (Wildman–Crippen LogP) is 1.86. The van der Waals surface area contributed by atoms with Crippen LogP contribution in [0.2, 0.25) is 0 Å². The van der Waals surface area contributed by atoms with Crippen LogP contribution in [0.5, 0.6) is 5.75 Å². The summed E-state index contributed by atoms with van der Waals surface area (Å²) in [5.41, 5.74) is 2.16. The van der Waals surface area contributed by atoms with Crippen molar-refractivity contribution in [3.05, 3.63) is 65.7 Å². The van der Waals surface area contributed by atoms with E-state index < -0.39 is 0 Å². The highest BCUT2D eigenvalue weighted by Crippen LogP contribution is 2.28. The summed E-state index contributed by atoms with van der Waals surface area (Å²) in [4.78, 5) is 29.8. The Hall–Kier alpha value is -2.90. The summed E-state index contributed by atoms with van der Waals surface area (Å²) < 4.78 is 0. The first-order valence-corrected chi connectivity index (χ1v) is 11.3. The second-order valence-corrected chi connectivity index (χ2v) is 8.80. The number of phenols is 1. The first kappa shape index (κ1) is 22.3. The van der Waals surface area contributed by atoms with Gasteiger partial charge in [0, 0.05) is 44.7 Å². The molecule has 3 atom stereocenters. The van der Waals surface area contributed by atoms with Crippen molar-refractivity contribution in [2.45, 2.75) is 50.5 Å². The fourth-order valence-electron chi connectivity index (χ4n) is 4.84. The molecule has 4 rings (SSSR count). The maximum absolute atomic E-state index is 12.9. The Kier molecular flexibility index (Phi) is 7.07. The van der Waals surface area contributed by atoms with Gasteiger partial charge in [-0.15, -0.1) is 0 Å². The fourth-order valence-corrected chi connectivity index (χ4v) is 4.84. The highest BCUT2D eigenvalue weighted by Gasteiger charge is 2.44. The van der Waals surface area contributed by atoms with Gasteiger partial charge in [0.05, 0.1) is 0 Å². The lowest BCUT2D eigenvalue weighted by atomic mass is 10.0. The molecule has 0 unspecified atom stereocenters. The number of hydrogen-bond acceptors (Lipinski definition) is 5. The van der Waals surface area contributed by atoms with Gasteiger partial charge in [0.25, 0.3) is 0 Å². The van der Waals surface area contributed by atoms with Gasteiger partial charge in [0.15, 0.2) is 0 Å². The molecule has 2 saturated heterocycles. The normalized spacial score (nSPS) is 23.9. The van der Waals surface area contributed by atoms with Crippen molar-refractivity contribution in [3.8, 4) is 5.75 Å². The molecule has 2 heterocycles. The zero-order chi connectivity index (χ0) is 22.5. The van der Waals surface area contributed by atoms with E-state index in [2.05, 4.69) is 27.5 Å². The summed E-state index contributed by atoms with van der Waals surface area (Å²) in [5, 5.41) is 15.6. The summed E-state index contributed by atoms with van der Waals surface area (Å²) in [6.45, 7) is 2.61. The highest BCUT2D eigenvalue weighted by molar-refractivity contribution is 5.83. The van der Waals surface area contributed by atoms with Gasteiger partial charge in [0.1, 0.15) is 11.8 Å². The third-order valence-corrected chi connectivity index (χ3v) is 6.71. The van der Waals surface area contributed by atoms with Crippen molar-refractivity contribution in [2.75, 3.05) is 20.1 Å². The second-order valence-electron chi connectivity index (χ2n) is 8.80. The first-order valence-electron chi connectivity index (χ1n) is 11.3. The Morgan fingerprint density at radius 1 is 1.12 bits per heavy atom. The minimum Gasteiger partial charge on any atom is -0.508 e.